The normalized spacial score (nSPS) is 17.0. The van der Waals surface area contributed by atoms with Gasteiger partial charge in [0.05, 0.1) is 18.2 Å². The molecule has 114 valence electrons. The summed E-state index contributed by atoms with van der Waals surface area (Å²) >= 11 is 0. The quantitative estimate of drug-likeness (QED) is 0.910. The molecule has 7 nitrogen and oxygen atoms in total. The van der Waals surface area contributed by atoms with Gasteiger partial charge in [-0.2, -0.15) is 0 Å². The van der Waals surface area contributed by atoms with Gasteiger partial charge in [-0.05, 0) is 25.1 Å². The molecule has 22 heavy (non-hydrogen) atoms. The number of aryl methyl sites for hydroxylation is 1. The molecule has 3 rings (SSSR count). The molecule has 7 heteroatoms. The van der Waals surface area contributed by atoms with E-state index < -0.39 is 6.10 Å². The topological polar surface area (TPSA) is 76.5 Å². The third-order valence-corrected chi connectivity index (χ3v) is 3.61. The fourth-order valence-electron chi connectivity index (χ4n) is 2.36. The van der Waals surface area contributed by atoms with Gasteiger partial charge >= 0.3 is 0 Å². The third kappa shape index (κ3) is 2.30. The number of hydrogen-bond acceptors (Lipinski definition) is 4. The number of anilines is 2. The van der Waals surface area contributed by atoms with Gasteiger partial charge in [0.2, 0.25) is 0 Å². The van der Waals surface area contributed by atoms with E-state index in [0.29, 0.717) is 22.8 Å². The number of carbonyl (C=O) groups is 2. The molecule has 1 unspecified atom stereocenters. The number of carbonyl (C=O) groups excluding carboxylic acids is 2. The molecule has 1 aliphatic rings. The molecule has 1 N–H and O–H groups in total. The van der Waals surface area contributed by atoms with Crippen molar-refractivity contribution in [2.75, 3.05) is 17.3 Å². The first kappa shape index (κ1) is 14.1. The molecule has 1 aliphatic heterocycles. The first-order valence-corrected chi connectivity index (χ1v) is 6.83. The summed E-state index contributed by atoms with van der Waals surface area (Å²) in [6, 6.07) is 5.20. The van der Waals surface area contributed by atoms with Gasteiger partial charge in [0.25, 0.3) is 11.8 Å². The van der Waals surface area contributed by atoms with Crippen LogP contribution in [0.2, 0.25) is 0 Å². The fourth-order valence-corrected chi connectivity index (χ4v) is 2.36. The average Bonchev–Trinajstić information content (AvgIpc) is 2.92. The van der Waals surface area contributed by atoms with Gasteiger partial charge in [-0.15, -0.1) is 0 Å². The highest BCUT2D eigenvalue weighted by molar-refractivity contribution is 6.04. The zero-order chi connectivity index (χ0) is 15.9. The third-order valence-electron chi connectivity index (χ3n) is 3.61. The number of benzene rings is 1. The lowest BCUT2D eigenvalue weighted by Gasteiger charge is -2.30. The van der Waals surface area contributed by atoms with Crippen molar-refractivity contribution < 1.29 is 14.3 Å². The van der Waals surface area contributed by atoms with Crippen LogP contribution < -0.4 is 15.0 Å². The van der Waals surface area contributed by atoms with E-state index >= 15 is 0 Å². The van der Waals surface area contributed by atoms with Crippen LogP contribution in [0.25, 0.3) is 0 Å². The molecule has 2 amide bonds. The fraction of sp³-hybridized carbons (Fsp3) is 0.267. The van der Waals surface area contributed by atoms with Crippen molar-refractivity contribution in [1.29, 1.82) is 0 Å². The van der Waals surface area contributed by atoms with Crippen LogP contribution in [0.4, 0.5) is 11.4 Å². The highest BCUT2D eigenvalue weighted by Gasteiger charge is 2.29. The summed E-state index contributed by atoms with van der Waals surface area (Å²) in [5, 5.41) is 2.79. The van der Waals surface area contributed by atoms with Gasteiger partial charge in [0, 0.05) is 19.8 Å². The molecule has 0 bridgehead atoms. The number of rotatable bonds is 2. The number of hydrogen-bond donors (Lipinski definition) is 1. The molecular weight excluding hydrogens is 284 g/mol. The SMILES string of the molecule is CC1Oc2ccc(NC(=O)c3cncn3C)cc2N(C)C1=O. The van der Waals surface area contributed by atoms with Crippen molar-refractivity contribution >= 4 is 23.2 Å². The molecule has 0 radical (unpaired) electrons. The maximum Gasteiger partial charge on any atom is 0.273 e. The van der Waals surface area contributed by atoms with Gasteiger partial charge in [-0.3, -0.25) is 9.59 Å². The molecule has 0 saturated carbocycles. The van der Waals surface area contributed by atoms with E-state index in [1.54, 1.807) is 50.1 Å². The van der Waals surface area contributed by atoms with Crippen LogP contribution >= 0.6 is 0 Å². The molecule has 1 aromatic heterocycles. The predicted octanol–water partition coefficient (Wildman–Crippen LogP) is 1.42. The number of aromatic nitrogens is 2. The average molecular weight is 300 g/mol. The zero-order valence-corrected chi connectivity index (χ0v) is 12.5. The minimum Gasteiger partial charge on any atom is -0.479 e. The van der Waals surface area contributed by atoms with Gasteiger partial charge in [0.15, 0.2) is 6.10 Å². The first-order chi connectivity index (χ1) is 10.5. The lowest BCUT2D eigenvalue weighted by atomic mass is 10.2. The molecule has 2 heterocycles. The molecule has 0 aliphatic carbocycles. The van der Waals surface area contributed by atoms with Crippen molar-refractivity contribution in [1.82, 2.24) is 9.55 Å². The number of amides is 2. The number of nitrogens with one attached hydrogen (secondary N) is 1. The van der Waals surface area contributed by atoms with Crippen molar-refractivity contribution in [3.63, 3.8) is 0 Å². The number of imidazole rings is 1. The highest BCUT2D eigenvalue weighted by Crippen LogP contribution is 2.35. The summed E-state index contributed by atoms with van der Waals surface area (Å²) < 4.78 is 7.18. The van der Waals surface area contributed by atoms with Crippen molar-refractivity contribution in [3.05, 3.63) is 36.4 Å². The smallest absolute Gasteiger partial charge is 0.273 e. The van der Waals surface area contributed by atoms with E-state index in [2.05, 4.69) is 10.3 Å². The van der Waals surface area contributed by atoms with Gasteiger partial charge in [-0.25, -0.2) is 4.98 Å². The van der Waals surface area contributed by atoms with E-state index in [9.17, 15) is 9.59 Å². The number of ether oxygens (including phenoxy) is 1. The molecule has 2 aromatic rings. The van der Waals surface area contributed by atoms with Crippen LogP contribution in [0.1, 0.15) is 17.4 Å². The van der Waals surface area contributed by atoms with Gasteiger partial charge < -0.3 is 19.5 Å². The van der Waals surface area contributed by atoms with E-state index in [-0.39, 0.29) is 11.8 Å². The number of likely N-dealkylation sites (N-methyl/N-ethyl adjacent to an activating group) is 1. The van der Waals surface area contributed by atoms with E-state index in [0.717, 1.165) is 0 Å². The van der Waals surface area contributed by atoms with Crippen LogP contribution in [0.15, 0.2) is 30.7 Å². The summed E-state index contributed by atoms with van der Waals surface area (Å²) in [7, 11) is 3.43. The molecule has 0 fully saturated rings. The monoisotopic (exact) mass is 300 g/mol. The van der Waals surface area contributed by atoms with Crippen LogP contribution in [-0.4, -0.2) is 34.5 Å². The minimum absolute atomic E-state index is 0.123. The lowest BCUT2D eigenvalue weighted by Crippen LogP contribution is -2.41. The second-order valence-electron chi connectivity index (χ2n) is 5.18. The number of fused-ring (bicyclic) bond motifs is 1. The summed E-state index contributed by atoms with van der Waals surface area (Å²) in [5.74, 6) is 0.231. The maximum absolute atomic E-state index is 12.2. The van der Waals surface area contributed by atoms with E-state index in [4.69, 9.17) is 4.74 Å². The Labute approximate surface area is 127 Å². The standard InChI is InChI=1S/C15H16N4O3/c1-9-15(21)19(3)11-6-10(4-5-13(11)22-9)17-14(20)12-7-16-8-18(12)2/h4-9H,1-3H3,(H,17,20). The lowest BCUT2D eigenvalue weighted by molar-refractivity contribution is -0.125. The van der Waals surface area contributed by atoms with Crippen LogP contribution in [0.3, 0.4) is 0 Å². The first-order valence-electron chi connectivity index (χ1n) is 6.83. The Balaban J connectivity index is 1.87. The Morgan fingerprint density at radius 2 is 2.14 bits per heavy atom. The Morgan fingerprint density at radius 1 is 1.36 bits per heavy atom. The van der Waals surface area contributed by atoms with Gasteiger partial charge in [-0.1, -0.05) is 0 Å². The summed E-state index contributed by atoms with van der Waals surface area (Å²) in [4.78, 5) is 29.6. The van der Waals surface area contributed by atoms with Crippen molar-refractivity contribution in [2.45, 2.75) is 13.0 Å². The minimum atomic E-state index is -0.507. The summed E-state index contributed by atoms with van der Waals surface area (Å²) in [5.41, 5.74) is 1.67. The Bertz CT molecular complexity index is 753. The van der Waals surface area contributed by atoms with Crippen LogP contribution in [0.5, 0.6) is 5.75 Å². The second kappa shape index (κ2) is 5.18. The Kier molecular flexibility index (Phi) is 3.32. The summed E-state index contributed by atoms with van der Waals surface area (Å²) in [6.07, 6.45) is 2.55. The second-order valence-corrected chi connectivity index (χ2v) is 5.18. The molecule has 0 spiro atoms. The van der Waals surface area contributed by atoms with E-state index in [1.807, 2.05) is 0 Å². The van der Waals surface area contributed by atoms with Crippen molar-refractivity contribution in [2.24, 2.45) is 7.05 Å². The molecule has 1 aromatic carbocycles. The van der Waals surface area contributed by atoms with Crippen molar-refractivity contribution in [3.8, 4) is 5.75 Å². The Morgan fingerprint density at radius 3 is 2.82 bits per heavy atom. The summed E-state index contributed by atoms with van der Waals surface area (Å²) in [6.45, 7) is 1.71. The highest BCUT2D eigenvalue weighted by atomic mass is 16.5. The van der Waals surface area contributed by atoms with Gasteiger partial charge in [0.1, 0.15) is 11.4 Å². The Hall–Kier alpha value is -2.83. The molecule has 1 atom stereocenters. The molecular formula is C15H16N4O3. The van der Waals surface area contributed by atoms with Crippen LogP contribution in [-0.2, 0) is 11.8 Å². The number of nitrogens with zero attached hydrogens (tertiary/aromatic N) is 3. The maximum atomic E-state index is 12.2. The predicted molar refractivity (Wildman–Crippen MR) is 81.1 cm³/mol. The molecule has 0 saturated heterocycles. The zero-order valence-electron chi connectivity index (χ0n) is 12.5. The van der Waals surface area contributed by atoms with E-state index in [1.165, 1.54) is 11.1 Å². The largest absolute Gasteiger partial charge is 0.479 e. The van der Waals surface area contributed by atoms with Crippen LogP contribution in [0, 0.1) is 0 Å².